The summed E-state index contributed by atoms with van der Waals surface area (Å²) in [5.41, 5.74) is 2.56. The fraction of sp³-hybridized carbons (Fsp3) is 0.300. The van der Waals surface area contributed by atoms with Crippen molar-refractivity contribution in [1.82, 2.24) is 25.0 Å². The molecule has 5 rings (SSSR count). The van der Waals surface area contributed by atoms with Crippen LogP contribution >= 0.6 is 11.6 Å². The normalized spacial score (nSPS) is 18.5. The maximum Gasteiger partial charge on any atom is 0.253 e. The lowest BCUT2D eigenvalue weighted by Crippen LogP contribution is -2.49. The van der Waals surface area contributed by atoms with Gasteiger partial charge in [0.25, 0.3) is 5.91 Å². The van der Waals surface area contributed by atoms with Crippen LogP contribution in [0.25, 0.3) is 17.2 Å². The van der Waals surface area contributed by atoms with Crippen molar-refractivity contribution in [3.8, 4) is 5.75 Å². The molecule has 1 aromatic carbocycles. The second kappa shape index (κ2) is 7.92. The molecule has 0 aliphatic carbocycles. The quantitative estimate of drug-likeness (QED) is 0.624. The Labute approximate surface area is 176 Å². The van der Waals surface area contributed by atoms with Crippen LogP contribution in [-0.4, -0.2) is 70.0 Å². The Morgan fingerprint density at radius 2 is 2.27 bits per heavy atom. The van der Waals surface area contributed by atoms with E-state index in [-0.39, 0.29) is 25.2 Å². The number of carbonyl (C=O) groups is 1. The molecule has 154 valence electrons. The summed E-state index contributed by atoms with van der Waals surface area (Å²) >= 11 is 6.06. The first-order chi connectivity index (χ1) is 14.7. The molecule has 0 saturated carbocycles. The van der Waals surface area contributed by atoms with Crippen LogP contribution in [0.5, 0.6) is 5.75 Å². The van der Waals surface area contributed by atoms with Crippen molar-refractivity contribution in [3.05, 3.63) is 52.7 Å². The molecular weight excluding hydrogens is 410 g/mol. The molecule has 1 fully saturated rings. The van der Waals surface area contributed by atoms with Crippen molar-refractivity contribution < 1.29 is 19.1 Å². The zero-order valence-electron chi connectivity index (χ0n) is 15.9. The van der Waals surface area contributed by atoms with Crippen molar-refractivity contribution in [1.29, 1.82) is 0 Å². The summed E-state index contributed by atoms with van der Waals surface area (Å²) in [5, 5.41) is 8.54. The predicted molar refractivity (Wildman–Crippen MR) is 108 cm³/mol. The number of pyridine rings is 1. The topological polar surface area (TPSA) is 91.6 Å². The minimum Gasteiger partial charge on any atom is -0.488 e. The minimum atomic E-state index is -0.294. The van der Waals surface area contributed by atoms with Crippen LogP contribution in [0.3, 0.4) is 0 Å². The Hall–Kier alpha value is -3.17. The highest BCUT2D eigenvalue weighted by Gasteiger charge is 2.28. The van der Waals surface area contributed by atoms with Crippen molar-refractivity contribution in [2.75, 3.05) is 32.9 Å². The Balaban J connectivity index is 1.24. The molecule has 30 heavy (non-hydrogen) atoms. The van der Waals surface area contributed by atoms with Crippen LogP contribution in [0.2, 0.25) is 5.02 Å². The first kappa shape index (κ1) is 18.8. The van der Waals surface area contributed by atoms with Gasteiger partial charge in [-0.2, -0.15) is 0 Å². The molecule has 2 aromatic heterocycles. The zero-order valence-corrected chi connectivity index (χ0v) is 16.7. The van der Waals surface area contributed by atoms with Gasteiger partial charge in [-0.3, -0.25) is 4.79 Å². The average molecular weight is 428 g/mol. The fourth-order valence-corrected chi connectivity index (χ4v) is 3.65. The lowest BCUT2D eigenvalue weighted by molar-refractivity contribution is -0.138. The van der Waals surface area contributed by atoms with Gasteiger partial charge in [0.2, 0.25) is 5.65 Å². The van der Waals surface area contributed by atoms with E-state index in [0.29, 0.717) is 41.5 Å². The monoisotopic (exact) mass is 427 g/mol. The number of morpholine rings is 1. The maximum atomic E-state index is 13.0. The first-order valence-electron chi connectivity index (χ1n) is 9.51. The molecule has 10 heteroatoms. The third kappa shape index (κ3) is 3.69. The van der Waals surface area contributed by atoms with Crippen molar-refractivity contribution >= 4 is 34.7 Å². The molecule has 2 aliphatic heterocycles. The van der Waals surface area contributed by atoms with Gasteiger partial charge in [0, 0.05) is 23.3 Å². The van der Waals surface area contributed by atoms with Crippen LogP contribution < -0.4 is 9.57 Å². The highest BCUT2D eigenvalue weighted by Crippen LogP contribution is 2.29. The summed E-state index contributed by atoms with van der Waals surface area (Å²) < 4.78 is 11.5. The Morgan fingerprint density at radius 3 is 3.20 bits per heavy atom. The van der Waals surface area contributed by atoms with Gasteiger partial charge in [-0.05, 0) is 41.6 Å². The molecule has 1 amide bonds. The number of fused-ring (bicyclic) bond motifs is 2. The highest BCUT2D eigenvalue weighted by molar-refractivity contribution is 6.30. The number of ether oxygens (including phenoxy) is 2. The van der Waals surface area contributed by atoms with Gasteiger partial charge >= 0.3 is 0 Å². The standard InChI is InChI=1S/C20H18ClN5O4/c21-15-3-4-18-13(9-15)8-14(11-29-18)20(27)25-6-7-28-16(10-25)12-30-26-19-17(23-24-26)2-1-5-22-19/h1-5,8-9,16H,6-7,10-12H2. The number of benzene rings is 1. The fourth-order valence-electron chi connectivity index (χ4n) is 3.47. The van der Waals surface area contributed by atoms with Crippen molar-refractivity contribution in [2.24, 2.45) is 0 Å². The summed E-state index contributed by atoms with van der Waals surface area (Å²) in [4.78, 5) is 25.9. The van der Waals surface area contributed by atoms with Gasteiger partial charge < -0.3 is 19.2 Å². The lowest BCUT2D eigenvalue weighted by Gasteiger charge is -2.33. The number of hydrogen-bond acceptors (Lipinski definition) is 7. The third-order valence-electron chi connectivity index (χ3n) is 4.95. The summed E-state index contributed by atoms with van der Waals surface area (Å²) in [6, 6.07) is 8.94. The molecule has 1 unspecified atom stereocenters. The maximum absolute atomic E-state index is 13.0. The number of halogens is 1. The largest absolute Gasteiger partial charge is 0.488 e. The van der Waals surface area contributed by atoms with Gasteiger partial charge in [0.1, 0.15) is 30.6 Å². The van der Waals surface area contributed by atoms with E-state index in [1.807, 2.05) is 6.08 Å². The number of carbonyl (C=O) groups excluding carboxylic acids is 1. The third-order valence-corrected chi connectivity index (χ3v) is 5.18. The molecule has 2 aliphatic rings. The second-order valence-electron chi connectivity index (χ2n) is 6.99. The van der Waals surface area contributed by atoms with E-state index < -0.39 is 0 Å². The molecule has 0 bridgehead atoms. The molecule has 4 heterocycles. The smallest absolute Gasteiger partial charge is 0.253 e. The van der Waals surface area contributed by atoms with Gasteiger partial charge in [0.05, 0.1) is 18.7 Å². The summed E-state index contributed by atoms with van der Waals surface area (Å²) in [6.07, 6.45) is 3.19. The molecule has 0 N–H and O–H groups in total. The number of rotatable bonds is 4. The molecule has 1 saturated heterocycles. The van der Waals surface area contributed by atoms with Gasteiger partial charge in [-0.25, -0.2) is 4.98 Å². The van der Waals surface area contributed by atoms with E-state index in [0.717, 1.165) is 11.3 Å². The molecule has 0 spiro atoms. The number of nitrogens with zero attached hydrogens (tertiary/aromatic N) is 5. The Kier molecular flexibility index (Phi) is 4.97. The van der Waals surface area contributed by atoms with Gasteiger partial charge in [0.15, 0.2) is 0 Å². The summed E-state index contributed by atoms with van der Waals surface area (Å²) in [7, 11) is 0. The van der Waals surface area contributed by atoms with Crippen LogP contribution in [-0.2, 0) is 9.53 Å². The number of amides is 1. The highest BCUT2D eigenvalue weighted by atomic mass is 35.5. The SMILES string of the molecule is O=C(C1=Cc2cc(Cl)ccc2OC1)N1CCOC(COn2nnc3cccnc32)C1. The molecular formula is C20H18ClN5O4. The first-order valence-corrected chi connectivity index (χ1v) is 9.89. The predicted octanol–water partition coefficient (Wildman–Crippen LogP) is 1.61. The summed E-state index contributed by atoms with van der Waals surface area (Å²) in [6.45, 7) is 1.77. The van der Waals surface area contributed by atoms with E-state index in [9.17, 15) is 4.79 Å². The van der Waals surface area contributed by atoms with Gasteiger partial charge in [-0.15, -0.1) is 5.10 Å². The second-order valence-corrected chi connectivity index (χ2v) is 7.43. The Morgan fingerprint density at radius 1 is 1.33 bits per heavy atom. The summed E-state index contributed by atoms with van der Waals surface area (Å²) in [5.74, 6) is 0.639. The van der Waals surface area contributed by atoms with E-state index in [1.54, 1.807) is 41.4 Å². The van der Waals surface area contributed by atoms with Gasteiger partial charge in [-0.1, -0.05) is 16.4 Å². The van der Waals surface area contributed by atoms with Crippen LogP contribution in [0.4, 0.5) is 0 Å². The van der Waals surface area contributed by atoms with E-state index in [2.05, 4.69) is 15.3 Å². The average Bonchev–Trinajstić information content (AvgIpc) is 3.20. The lowest BCUT2D eigenvalue weighted by atomic mass is 10.1. The van der Waals surface area contributed by atoms with Crippen molar-refractivity contribution in [3.63, 3.8) is 0 Å². The molecule has 9 nitrogen and oxygen atoms in total. The molecule has 0 radical (unpaired) electrons. The van der Waals surface area contributed by atoms with Crippen molar-refractivity contribution in [2.45, 2.75) is 6.10 Å². The minimum absolute atomic E-state index is 0.0817. The van der Waals surface area contributed by atoms with Crippen LogP contribution in [0, 0.1) is 0 Å². The van der Waals surface area contributed by atoms with Crippen LogP contribution in [0.1, 0.15) is 5.56 Å². The van der Waals surface area contributed by atoms with Crippen LogP contribution in [0.15, 0.2) is 42.1 Å². The molecule has 3 aromatic rings. The van der Waals surface area contributed by atoms with E-state index in [1.165, 1.54) is 4.85 Å². The van der Waals surface area contributed by atoms with E-state index >= 15 is 0 Å². The number of aromatic nitrogens is 4. The number of hydrogen-bond donors (Lipinski definition) is 0. The molecule has 1 atom stereocenters. The van der Waals surface area contributed by atoms with E-state index in [4.69, 9.17) is 25.9 Å². The zero-order chi connectivity index (χ0) is 20.5. The Bertz CT molecular complexity index is 1130.